The molecule has 3 aromatic rings. The summed E-state index contributed by atoms with van der Waals surface area (Å²) in [6.07, 6.45) is 0.774. The minimum atomic E-state index is -1.04. The number of hydrogen-bond acceptors (Lipinski definition) is 10. The summed E-state index contributed by atoms with van der Waals surface area (Å²) in [6, 6.07) is 3.33. The number of nitrogens with one attached hydrogen (secondary N) is 2. The molecule has 2 aliphatic rings. The van der Waals surface area contributed by atoms with Gasteiger partial charge in [0.1, 0.15) is 17.7 Å². The highest BCUT2D eigenvalue weighted by Gasteiger charge is 2.41. The molecule has 182 valence electrons. The van der Waals surface area contributed by atoms with Crippen LogP contribution in [0.1, 0.15) is 30.7 Å². The van der Waals surface area contributed by atoms with Crippen molar-refractivity contribution in [2.24, 2.45) is 11.8 Å². The zero-order valence-electron chi connectivity index (χ0n) is 19.6. The van der Waals surface area contributed by atoms with Crippen LogP contribution in [0.4, 0.5) is 11.8 Å². The van der Waals surface area contributed by atoms with Crippen LogP contribution in [-0.2, 0) is 0 Å². The molecule has 2 aliphatic carbocycles. The second-order valence-corrected chi connectivity index (χ2v) is 9.39. The molecule has 10 heteroatoms. The maximum absolute atomic E-state index is 10.6. The first-order valence-electron chi connectivity index (χ1n) is 11.7. The van der Waals surface area contributed by atoms with E-state index in [-0.39, 0.29) is 6.61 Å². The van der Waals surface area contributed by atoms with Gasteiger partial charge in [0.25, 0.3) is 5.88 Å². The summed E-state index contributed by atoms with van der Waals surface area (Å²) >= 11 is 0. The van der Waals surface area contributed by atoms with E-state index in [1.54, 1.807) is 7.11 Å². The van der Waals surface area contributed by atoms with Crippen LogP contribution in [0.25, 0.3) is 22.3 Å². The molecule has 3 heterocycles. The van der Waals surface area contributed by atoms with E-state index in [1.165, 1.54) is 12.8 Å². The Hall–Kier alpha value is -2.95. The van der Waals surface area contributed by atoms with Crippen LogP contribution in [0.5, 0.6) is 5.88 Å². The minimum Gasteiger partial charge on any atom is -0.478 e. The van der Waals surface area contributed by atoms with Gasteiger partial charge in [-0.1, -0.05) is 0 Å². The van der Waals surface area contributed by atoms with Crippen molar-refractivity contribution in [2.45, 2.75) is 51.4 Å². The van der Waals surface area contributed by atoms with Gasteiger partial charge in [-0.15, -0.1) is 0 Å². The second kappa shape index (κ2) is 9.01. The molecule has 0 aliphatic heterocycles. The normalized spacial score (nSPS) is 24.5. The number of hydrogen-bond donors (Lipinski definition) is 5. The SMILES string of the molecule is COc1nc(C)cc2cc(-c3c(C)nc(NCC4CC4)nc3NC3CC(CO)C(O)C3O)oc12. The third kappa shape index (κ3) is 4.28. The number of nitrogens with zero attached hydrogens (tertiary/aromatic N) is 3. The Labute approximate surface area is 197 Å². The van der Waals surface area contributed by atoms with Gasteiger partial charge in [0.2, 0.25) is 5.95 Å². The quantitative estimate of drug-likeness (QED) is 0.333. The van der Waals surface area contributed by atoms with Gasteiger partial charge in [-0.3, -0.25) is 0 Å². The average molecular weight is 470 g/mol. The minimum absolute atomic E-state index is 0.198. The van der Waals surface area contributed by atoms with Crippen molar-refractivity contribution in [3.63, 3.8) is 0 Å². The smallest absolute Gasteiger partial charge is 0.258 e. The molecule has 0 aromatic carbocycles. The van der Waals surface area contributed by atoms with E-state index in [0.29, 0.717) is 52.6 Å². The summed E-state index contributed by atoms with van der Waals surface area (Å²) in [7, 11) is 1.55. The van der Waals surface area contributed by atoms with E-state index >= 15 is 0 Å². The Morgan fingerprint density at radius 1 is 1.12 bits per heavy atom. The molecule has 10 nitrogen and oxygen atoms in total. The van der Waals surface area contributed by atoms with Crippen molar-refractivity contribution in [3.05, 3.63) is 23.5 Å². The first-order valence-corrected chi connectivity index (χ1v) is 11.7. The number of aryl methyl sites for hydroxylation is 2. The molecule has 2 fully saturated rings. The fourth-order valence-corrected chi connectivity index (χ4v) is 4.64. The highest BCUT2D eigenvalue weighted by molar-refractivity contribution is 5.89. The number of anilines is 2. The van der Waals surface area contributed by atoms with E-state index in [1.807, 2.05) is 26.0 Å². The summed E-state index contributed by atoms with van der Waals surface area (Å²) in [6.45, 7) is 4.38. The van der Waals surface area contributed by atoms with Crippen LogP contribution in [-0.4, -0.2) is 68.8 Å². The third-order valence-electron chi connectivity index (χ3n) is 6.73. The van der Waals surface area contributed by atoms with Crippen molar-refractivity contribution in [1.82, 2.24) is 15.0 Å². The Balaban J connectivity index is 1.56. The van der Waals surface area contributed by atoms with Gasteiger partial charge < -0.3 is 35.1 Å². The standard InChI is InChI=1S/C24H31N5O5/c1-11-6-14-8-17(34-21(14)23(26-11)33-3)18-12(2)27-24(25-9-13-4-5-13)29-22(18)28-16-7-15(10-30)19(31)20(16)32/h6,8,13,15-16,19-20,30-32H,4-5,7,9-10H2,1-3H3,(H2,25,27,28,29). The maximum atomic E-state index is 10.6. The maximum Gasteiger partial charge on any atom is 0.258 e. The highest BCUT2D eigenvalue weighted by Crippen LogP contribution is 2.39. The van der Waals surface area contributed by atoms with E-state index in [9.17, 15) is 15.3 Å². The van der Waals surface area contributed by atoms with Gasteiger partial charge in [-0.2, -0.15) is 4.98 Å². The van der Waals surface area contributed by atoms with E-state index in [0.717, 1.165) is 17.6 Å². The summed E-state index contributed by atoms with van der Waals surface area (Å²) in [5, 5.41) is 37.9. The monoisotopic (exact) mass is 469 g/mol. The molecular formula is C24H31N5O5. The molecule has 0 bridgehead atoms. The second-order valence-electron chi connectivity index (χ2n) is 9.39. The van der Waals surface area contributed by atoms with Crippen molar-refractivity contribution in [3.8, 4) is 17.2 Å². The van der Waals surface area contributed by atoms with Gasteiger partial charge in [-0.25, -0.2) is 9.97 Å². The molecule has 4 unspecified atom stereocenters. The summed E-state index contributed by atoms with van der Waals surface area (Å²) in [5.41, 5.74) is 2.69. The summed E-state index contributed by atoms with van der Waals surface area (Å²) < 4.78 is 11.6. The van der Waals surface area contributed by atoms with Gasteiger partial charge in [0.15, 0.2) is 5.58 Å². The predicted molar refractivity (Wildman–Crippen MR) is 127 cm³/mol. The van der Waals surface area contributed by atoms with Crippen LogP contribution in [0.2, 0.25) is 0 Å². The summed E-state index contributed by atoms with van der Waals surface area (Å²) in [5.74, 6) is 2.17. The number of rotatable bonds is 8. The van der Waals surface area contributed by atoms with Crippen LogP contribution < -0.4 is 15.4 Å². The molecule has 2 saturated carbocycles. The molecule has 4 atom stereocenters. The Morgan fingerprint density at radius 2 is 1.91 bits per heavy atom. The van der Waals surface area contributed by atoms with Crippen LogP contribution in [0, 0.1) is 25.7 Å². The Bertz CT molecular complexity index is 1190. The lowest BCUT2D eigenvalue weighted by Crippen LogP contribution is -2.35. The van der Waals surface area contributed by atoms with Crippen LogP contribution in [0.3, 0.4) is 0 Å². The number of fused-ring (bicyclic) bond motifs is 1. The lowest BCUT2D eigenvalue weighted by molar-refractivity contribution is 0.00446. The number of pyridine rings is 1. The van der Waals surface area contributed by atoms with Crippen LogP contribution in [0.15, 0.2) is 16.5 Å². The van der Waals surface area contributed by atoms with Gasteiger partial charge in [0, 0.05) is 30.1 Å². The highest BCUT2D eigenvalue weighted by atomic mass is 16.5. The van der Waals surface area contributed by atoms with Crippen LogP contribution >= 0.6 is 0 Å². The molecule has 5 N–H and O–H groups in total. The average Bonchev–Trinajstić information content (AvgIpc) is 3.49. The van der Waals surface area contributed by atoms with Gasteiger partial charge in [-0.05, 0) is 51.2 Å². The van der Waals surface area contributed by atoms with E-state index in [4.69, 9.17) is 14.1 Å². The lowest BCUT2D eigenvalue weighted by Gasteiger charge is -2.21. The fourth-order valence-electron chi connectivity index (χ4n) is 4.64. The van der Waals surface area contributed by atoms with Crippen molar-refractivity contribution >= 4 is 22.7 Å². The summed E-state index contributed by atoms with van der Waals surface area (Å²) in [4.78, 5) is 13.8. The molecule has 34 heavy (non-hydrogen) atoms. The Kier molecular flexibility index (Phi) is 6.05. The van der Waals surface area contributed by atoms with Crippen molar-refractivity contribution < 1.29 is 24.5 Å². The molecular weight excluding hydrogens is 438 g/mol. The number of furan rings is 1. The largest absolute Gasteiger partial charge is 0.478 e. The number of ether oxygens (including phenoxy) is 1. The van der Waals surface area contributed by atoms with Gasteiger partial charge in [0.05, 0.1) is 30.5 Å². The number of aromatic nitrogens is 3. The van der Waals surface area contributed by atoms with Gasteiger partial charge >= 0.3 is 0 Å². The molecule has 0 spiro atoms. The Morgan fingerprint density at radius 3 is 2.59 bits per heavy atom. The molecule has 3 aromatic heterocycles. The van der Waals surface area contributed by atoms with Crippen molar-refractivity contribution in [1.29, 1.82) is 0 Å². The molecule has 0 saturated heterocycles. The number of aliphatic hydroxyl groups is 3. The molecule has 5 rings (SSSR count). The van der Waals surface area contributed by atoms with Crippen molar-refractivity contribution in [2.75, 3.05) is 30.9 Å². The van der Waals surface area contributed by atoms with E-state index in [2.05, 4.69) is 20.6 Å². The first kappa shape index (κ1) is 22.8. The number of methoxy groups -OCH3 is 1. The first-order chi connectivity index (χ1) is 16.4. The zero-order valence-corrected chi connectivity index (χ0v) is 19.6. The third-order valence-corrected chi connectivity index (χ3v) is 6.73. The predicted octanol–water partition coefficient (Wildman–Crippen LogP) is 2.25. The fraction of sp³-hybridized carbons (Fsp3) is 0.542. The van der Waals surface area contributed by atoms with E-state index < -0.39 is 24.2 Å². The zero-order chi connectivity index (χ0) is 24.0. The topological polar surface area (TPSA) is 146 Å². The molecule has 0 amide bonds. The number of aliphatic hydroxyl groups excluding tert-OH is 3. The lowest BCUT2D eigenvalue weighted by atomic mass is 10.1. The molecule has 0 radical (unpaired) electrons.